The molecule has 2 N–H and O–H groups in total. The van der Waals surface area contributed by atoms with Gasteiger partial charge in [0.25, 0.3) is 0 Å². The van der Waals surface area contributed by atoms with Gasteiger partial charge in [-0.25, -0.2) is 9.97 Å². The minimum absolute atomic E-state index is 0.418. The molecule has 0 bridgehead atoms. The predicted octanol–water partition coefficient (Wildman–Crippen LogP) is 4.99. The summed E-state index contributed by atoms with van der Waals surface area (Å²) in [6.07, 6.45) is 0.814. The normalized spacial score (nSPS) is 11.1. The molecule has 0 saturated heterocycles. The van der Waals surface area contributed by atoms with Gasteiger partial charge in [-0.3, -0.25) is 0 Å². The second-order valence-corrected chi connectivity index (χ2v) is 6.62. The van der Waals surface area contributed by atoms with E-state index in [2.05, 4.69) is 39.7 Å². The SMILES string of the molecule is CC(C)Cc1nc(-c2cc(Cl)cc(Cl)c2)nc(N)c1Br. The highest BCUT2D eigenvalue weighted by Gasteiger charge is 2.13. The average Bonchev–Trinajstić information content (AvgIpc) is 2.32. The molecule has 1 aromatic carbocycles. The number of anilines is 1. The van der Waals surface area contributed by atoms with Crippen LogP contribution in [-0.4, -0.2) is 9.97 Å². The molecule has 0 fully saturated rings. The minimum atomic E-state index is 0.418. The van der Waals surface area contributed by atoms with Gasteiger partial charge in [0, 0.05) is 15.6 Å². The number of nitrogen functional groups attached to an aromatic ring is 1. The van der Waals surface area contributed by atoms with E-state index < -0.39 is 0 Å². The fraction of sp³-hybridized carbons (Fsp3) is 0.286. The maximum absolute atomic E-state index is 6.01. The van der Waals surface area contributed by atoms with Crippen molar-refractivity contribution in [1.82, 2.24) is 9.97 Å². The summed E-state index contributed by atoms with van der Waals surface area (Å²) in [4.78, 5) is 8.87. The molecular formula is C14H14BrCl2N3. The molecule has 6 heteroatoms. The van der Waals surface area contributed by atoms with Gasteiger partial charge in [-0.15, -0.1) is 0 Å². The Hall–Kier alpha value is -0.840. The molecule has 0 atom stereocenters. The lowest BCUT2D eigenvalue weighted by Crippen LogP contribution is -2.05. The van der Waals surface area contributed by atoms with Crippen LogP contribution >= 0.6 is 39.1 Å². The third-order valence-electron chi connectivity index (χ3n) is 2.67. The van der Waals surface area contributed by atoms with Crippen molar-refractivity contribution < 1.29 is 0 Å². The van der Waals surface area contributed by atoms with Gasteiger partial charge in [0.2, 0.25) is 0 Å². The lowest BCUT2D eigenvalue weighted by atomic mass is 10.1. The molecule has 1 heterocycles. The monoisotopic (exact) mass is 373 g/mol. The Labute approximate surface area is 136 Å². The Kier molecular flexibility index (Phi) is 4.89. The van der Waals surface area contributed by atoms with Crippen molar-refractivity contribution in [3.63, 3.8) is 0 Å². The molecule has 3 nitrogen and oxygen atoms in total. The first-order chi connectivity index (χ1) is 9.36. The molecule has 2 aromatic rings. The first kappa shape index (κ1) is 15.5. The average molecular weight is 375 g/mol. The number of nitrogens with zero attached hydrogens (tertiary/aromatic N) is 2. The summed E-state index contributed by atoms with van der Waals surface area (Å²) in [5.41, 5.74) is 7.59. The molecule has 0 aliphatic carbocycles. The molecule has 1 aromatic heterocycles. The molecule has 0 aliphatic heterocycles. The fourth-order valence-electron chi connectivity index (χ4n) is 1.85. The largest absolute Gasteiger partial charge is 0.383 e. The summed E-state index contributed by atoms with van der Waals surface area (Å²) in [7, 11) is 0. The van der Waals surface area contributed by atoms with E-state index in [0.29, 0.717) is 27.6 Å². The Morgan fingerprint density at radius 3 is 2.30 bits per heavy atom. The molecule has 0 unspecified atom stereocenters. The highest BCUT2D eigenvalue weighted by molar-refractivity contribution is 9.10. The third kappa shape index (κ3) is 3.62. The van der Waals surface area contributed by atoms with Crippen LogP contribution in [0.2, 0.25) is 10.0 Å². The summed E-state index contributed by atoms with van der Waals surface area (Å²) in [5.74, 6) is 1.42. The second kappa shape index (κ2) is 6.29. The molecule has 0 aliphatic rings. The zero-order chi connectivity index (χ0) is 14.9. The van der Waals surface area contributed by atoms with Crippen molar-refractivity contribution >= 4 is 44.9 Å². The maximum Gasteiger partial charge on any atom is 0.161 e. The van der Waals surface area contributed by atoms with Gasteiger partial charge in [0.15, 0.2) is 5.82 Å². The van der Waals surface area contributed by atoms with Gasteiger partial charge in [-0.2, -0.15) is 0 Å². The molecule has 0 saturated carbocycles. The third-order valence-corrected chi connectivity index (χ3v) is 3.97. The van der Waals surface area contributed by atoms with Gasteiger partial charge in [-0.05, 0) is 46.5 Å². The van der Waals surface area contributed by atoms with E-state index in [1.807, 2.05) is 0 Å². The van der Waals surface area contributed by atoms with E-state index in [0.717, 1.165) is 22.2 Å². The van der Waals surface area contributed by atoms with E-state index >= 15 is 0 Å². The van der Waals surface area contributed by atoms with Crippen LogP contribution in [-0.2, 0) is 6.42 Å². The Bertz CT molecular complexity index is 624. The zero-order valence-electron chi connectivity index (χ0n) is 11.1. The minimum Gasteiger partial charge on any atom is -0.383 e. The van der Waals surface area contributed by atoms with Crippen LogP contribution in [0.15, 0.2) is 22.7 Å². The topological polar surface area (TPSA) is 51.8 Å². The standard InChI is InChI=1S/C14H14BrCl2N3/c1-7(2)3-11-12(15)13(18)20-14(19-11)8-4-9(16)6-10(17)5-8/h4-7H,3H2,1-2H3,(H2,18,19,20). The van der Waals surface area contributed by atoms with E-state index in [1.54, 1.807) is 18.2 Å². The van der Waals surface area contributed by atoms with Crippen molar-refractivity contribution in [3.05, 3.63) is 38.4 Å². The number of benzene rings is 1. The van der Waals surface area contributed by atoms with Crippen molar-refractivity contribution in [2.24, 2.45) is 5.92 Å². The van der Waals surface area contributed by atoms with Crippen LogP contribution in [0.4, 0.5) is 5.82 Å². The summed E-state index contributed by atoms with van der Waals surface area (Å²) >= 11 is 15.5. The molecule has 20 heavy (non-hydrogen) atoms. The second-order valence-electron chi connectivity index (χ2n) is 4.95. The van der Waals surface area contributed by atoms with Crippen molar-refractivity contribution in [2.75, 3.05) is 5.73 Å². The fourth-order valence-corrected chi connectivity index (χ4v) is 2.71. The summed E-state index contributed by atoms with van der Waals surface area (Å²) < 4.78 is 0.753. The molecule has 0 spiro atoms. The van der Waals surface area contributed by atoms with Crippen LogP contribution in [0.25, 0.3) is 11.4 Å². The molecule has 0 radical (unpaired) electrons. The summed E-state index contributed by atoms with van der Waals surface area (Å²) in [6.45, 7) is 4.25. The Morgan fingerprint density at radius 2 is 1.75 bits per heavy atom. The molecule has 2 rings (SSSR count). The van der Waals surface area contributed by atoms with E-state index in [4.69, 9.17) is 28.9 Å². The summed E-state index contributed by atoms with van der Waals surface area (Å²) in [5, 5.41) is 1.09. The lowest BCUT2D eigenvalue weighted by Gasteiger charge is -2.11. The number of rotatable bonds is 3. The van der Waals surface area contributed by atoms with E-state index in [1.165, 1.54) is 0 Å². The Morgan fingerprint density at radius 1 is 1.15 bits per heavy atom. The van der Waals surface area contributed by atoms with Crippen molar-refractivity contribution in [3.8, 4) is 11.4 Å². The van der Waals surface area contributed by atoms with Gasteiger partial charge < -0.3 is 5.73 Å². The smallest absolute Gasteiger partial charge is 0.161 e. The number of hydrogen-bond donors (Lipinski definition) is 1. The van der Waals surface area contributed by atoms with Gasteiger partial charge in [0.05, 0.1) is 10.2 Å². The molecule has 106 valence electrons. The Balaban J connectivity index is 2.54. The highest BCUT2D eigenvalue weighted by Crippen LogP contribution is 2.29. The van der Waals surface area contributed by atoms with E-state index in [-0.39, 0.29) is 0 Å². The van der Waals surface area contributed by atoms with Crippen molar-refractivity contribution in [1.29, 1.82) is 0 Å². The lowest BCUT2D eigenvalue weighted by molar-refractivity contribution is 0.633. The molecular weight excluding hydrogens is 361 g/mol. The van der Waals surface area contributed by atoms with Crippen LogP contribution < -0.4 is 5.73 Å². The number of aromatic nitrogens is 2. The van der Waals surface area contributed by atoms with Crippen molar-refractivity contribution in [2.45, 2.75) is 20.3 Å². The summed E-state index contributed by atoms with van der Waals surface area (Å²) in [6, 6.07) is 5.22. The molecule has 0 amide bonds. The number of hydrogen-bond acceptors (Lipinski definition) is 3. The maximum atomic E-state index is 6.01. The number of nitrogens with two attached hydrogens (primary N) is 1. The van der Waals surface area contributed by atoms with Crippen LogP contribution in [0.3, 0.4) is 0 Å². The quantitative estimate of drug-likeness (QED) is 0.822. The van der Waals surface area contributed by atoms with E-state index in [9.17, 15) is 0 Å². The predicted molar refractivity (Wildman–Crippen MR) is 88.1 cm³/mol. The van der Waals surface area contributed by atoms with Gasteiger partial charge >= 0.3 is 0 Å². The van der Waals surface area contributed by atoms with Crippen LogP contribution in [0, 0.1) is 5.92 Å². The van der Waals surface area contributed by atoms with Crippen LogP contribution in [0.1, 0.15) is 19.5 Å². The number of halogens is 3. The van der Waals surface area contributed by atoms with Crippen LogP contribution in [0.5, 0.6) is 0 Å². The van der Waals surface area contributed by atoms with Gasteiger partial charge in [0.1, 0.15) is 5.82 Å². The van der Waals surface area contributed by atoms with Gasteiger partial charge in [-0.1, -0.05) is 37.0 Å². The zero-order valence-corrected chi connectivity index (χ0v) is 14.2. The first-order valence-electron chi connectivity index (χ1n) is 6.15. The highest BCUT2D eigenvalue weighted by atomic mass is 79.9. The first-order valence-corrected chi connectivity index (χ1v) is 7.70.